The molecule has 0 aliphatic carbocycles. The van der Waals surface area contributed by atoms with Gasteiger partial charge in [-0.2, -0.15) is 0 Å². The summed E-state index contributed by atoms with van der Waals surface area (Å²) in [6.07, 6.45) is -2.04. The second kappa shape index (κ2) is 8.39. The fourth-order valence-electron chi connectivity index (χ4n) is 1.17. The van der Waals surface area contributed by atoms with Gasteiger partial charge in [-0.15, -0.1) is 5.01 Å². The highest BCUT2D eigenvalue weighted by Crippen LogP contribution is 2.08. The number of carbonyl (C=O) groups is 3. The first-order valence-corrected chi connectivity index (χ1v) is 6.70. The van der Waals surface area contributed by atoms with E-state index in [-0.39, 0.29) is 6.10 Å². The van der Waals surface area contributed by atoms with Gasteiger partial charge in [0.1, 0.15) is 0 Å². The number of imide groups is 1. The Bertz CT molecular complexity index is 355. The van der Waals surface area contributed by atoms with Crippen LogP contribution in [0.5, 0.6) is 0 Å². The molecule has 3 amide bonds. The standard InChI is InChI=1S/C13H24N2O5/c1-7-10(6)11(16)15(13(18)20-9(4)5)14-12(17)19-8(2)3/h8-10H,7H2,1-6H3,(H,14,17)/t10-/m0/s1. The van der Waals surface area contributed by atoms with Gasteiger partial charge in [-0.25, -0.2) is 15.0 Å². The third kappa shape index (κ3) is 6.40. The minimum Gasteiger partial charge on any atom is -0.446 e. The van der Waals surface area contributed by atoms with Crippen molar-refractivity contribution in [1.29, 1.82) is 0 Å². The van der Waals surface area contributed by atoms with Crippen LogP contribution >= 0.6 is 0 Å². The lowest BCUT2D eigenvalue weighted by Crippen LogP contribution is -2.52. The molecule has 0 aromatic rings. The van der Waals surface area contributed by atoms with Gasteiger partial charge in [0.2, 0.25) is 0 Å². The van der Waals surface area contributed by atoms with Crippen LogP contribution in [-0.2, 0) is 14.3 Å². The summed E-state index contributed by atoms with van der Waals surface area (Å²) in [7, 11) is 0. The zero-order chi connectivity index (χ0) is 15.9. The second-order valence-corrected chi connectivity index (χ2v) is 4.98. The van der Waals surface area contributed by atoms with E-state index >= 15 is 0 Å². The number of hydrogen-bond donors (Lipinski definition) is 1. The number of nitrogens with one attached hydrogen (secondary N) is 1. The molecule has 0 heterocycles. The Morgan fingerprint density at radius 2 is 1.50 bits per heavy atom. The van der Waals surface area contributed by atoms with Crippen molar-refractivity contribution in [2.75, 3.05) is 0 Å². The first-order chi connectivity index (χ1) is 9.18. The van der Waals surface area contributed by atoms with E-state index in [1.54, 1.807) is 41.5 Å². The Morgan fingerprint density at radius 1 is 1.00 bits per heavy atom. The largest absolute Gasteiger partial charge is 0.446 e. The average Bonchev–Trinajstić information content (AvgIpc) is 2.32. The van der Waals surface area contributed by atoms with Crippen molar-refractivity contribution in [2.24, 2.45) is 5.92 Å². The highest BCUT2D eigenvalue weighted by molar-refractivity contribution is 5.94. The van der Waals surface area contributed by atoms with Crippen LogP contribution in [0.2, 0.25) is 0 Å². The zero-order valence-corrected chi connectivity index (χ0v) is 12.9. The lowest BCUT2D eigenvalue weighted by Gasteiger charge is -2.24. The van der Waals surface area contributed by atoms with E-state index in [2.05, 4.69) is 5.43 Å². The molecule has 0 aromatic heterocycles. The smallest absolute Gasteiger partial charge is 0.436 e. The molecular formula is C13H24N2O5. The number of rotatable bonds is 4. The summed E-state index contributed by atoms with van der Waals surface area (Å²) in [6.45, 7) is 10.1. The number of nitrogens with zero attached hydrogens (tertiary/aromatic N) is 1. The maximum absolute atomic E-state index is 12.1. The van der Waals surface area contributed by atoms with Gasteiger partial charge in [0, 0.05) is 5.92 Å². The van der Waals surface area contributed by atoms with Crippen LogP contribution in [0.3, 0.4) is 0 Å². The molecule has 116 valence electrons. The van der Waals surface area contributed by atoms with Gasteiger partial charge < -0.3 is 9.47 Å². The van der Waals surface area contributed by atoms with E-state index < -0.39 is 30.1 Å². The van der Waals surface area contributed by atoms with Gasteiger partial charge in [0.25, 0.3) is 5.91 Å². The second-order valence-electron chi connectivity index (χ2n) is 4.98. The molecule has 0 bridgehead atoms. The molecule has 0 aliphatic heterocycles. The Kier molecular flexibility index (Phi) is 7.64. The number of ether oxygens (including phenoxy) is 2. The van der Waals surface area contributed by atoms with Gasteiger partial charge >= 0.3 is 12.2 Å². The Morgan fingerprint density at radius 3 is 1.90 bits per heavy atom. The molecule has 7 heteroatoms. The third-order valence-corrected chi connectivity index (χ3v) is 2.32. The molecule has 20 heavy (non-hydrogen) atoms. The summed E-state index contributed by atoms with van der Waals surface area (Å²) in [5, 5.41) is 0.568. The molecule has 0 rings (SSSR count). The van der Waals surface area contributed by atoms with Crippen LogP contribution in [0.1, 0.15) is 48.0 Å². The van der Waals surface area contributed by atoms with Crippen LogP contribution in [0.15, 0.2) is 0 Å². The summed E-state index contributed by atoms with van der Waals surface area (Å²) in [6, 6.07) is 0. The molecule has 0 saturated carbocycles. The van der Waals surface area contributed by atoms with E-state index in [4.69, 9.17) is 9.47 Å². The lowest BCUT2D eigenvalue weighted by atomic mass is 10.1. The highest BCUT2D eigenvalue weighted by Gasteiger charge is 2.29. The van der Waals surface area contributed by atoms with Crippen molar-refractivity contribution in [3.8, 4) is 0 Å². The summed E-state index contributed by atoms with van der Waals surface area (Å²) in [5.74, 6) is -0.965. The summed E-state index contributed by atoms with van der Waals surface area (Å²) in [5.41, 5.74) is 2.12. The van der Waals surface area contributed by atoms with Gasteiger partial charge in [-0.05, 0) is 34.1 Å². The maximum Gasteiger partial charge on any atom is 0.436 e. The molecule has 0 fully saturated rings. The van der Waals surface area contributed by atoms with E-state index in [0.29, 0.717) is 11.4 Å². The molecular weight excluding hydrogens is 264 g/mol. The van der Waals surface area contributed by atoms with Crippen LogP contribution in [0.4, 0.5) is 9.59 Å². The molecule has 7 nitrogen and oxygen atoms in total. The first-order valence-electron chi connectivity index (χ1n) is 6.70. The van der Waals surface area contributed by atoms with Crippen molar-refractivity contribution < 1.29 is 23.9 Å². The van der Waals surface area contributed by atoms with Crippen molar-refractivity contribution in [2.45, 2.75) is 60.2 Å². The molecule has 0 unspecified atom stereocenters. The molecule has 0 spiro atoms. The summed E-state index contributed by atoms with van der Waals surface area (Å²) < 4.78 is 9.78. The molecule has 1 atom stereocenters. The van der Waals surface area contributed by atoms with E-state index in [1.165, 1.54) is 0 Å². The summed E-state index contributed by atoms with van der Waals surface area (Å²) in [4.78, 5) is 35.5. The lowest BCUT2D eigenvalue weighted by molar-refractivity contribution is -0.136. The van der Waals surface area contributed by atoms with Gasteiger partial charge in [0.15, 0.2) is 0 Å². The Balaban J connectivity index is 4.92. The summed E-state index contributed by atoms with van der Waals surface area (Å²) >= 11 is 0. The van der Waals surface area contributed by atoms with Gasteiger partial charge in [-0.3, -0.25) is 4.79 Å². The van der Waals surface area contributed by atoms with E-state index in [0.717, 1.165) is 0 Å². The Labute approximate surface area is 119 Å². The van der Waals surface area contributed by atoms with Crippen molar-refractivity contribution in [1.82, 2.24) is 10.4 Å². The highest BCUT2D eigenvalue weighted by atomic mass is 16.6. The zero-order valence-electron chi connectivity index (χ0n) is 12.9. The molecule has 0 aromatic carbocycles. The fraction of sp³-hybridized carbons (Fsp3) is 0.769. The van der Waals surface area contributed by atoms with Gasteiger partial charge in [0.05, 0.1) is 12.2 Å². The van der Waals surface area contributed by atoms with Crippen LogP contribution in [0.25, 0.3) is 0 Å². The van der Waals surface area contributed by atoms with Crippen LogP contribution < -0.4 is 5.43 Å². The van der Waals surface area contributed by atoms with E-state index in [9.17, 15) is 14.4 Å². The number of hydrazine groups is 1. The number of amides is 3. The van der Waals surface area contributed by atoms with Crippen LogP contribution in [0, 0.1) is 5.92 Å². The fourth-order valence-corrected chi connectivity index (χ4v) is 1.17. The predicted octanol–water partition coefficient (Wildman–Crippen LogP) is 2.46. The molecule has 1 N–H and O–H groups in total. The van der Waals surface area contributed by atoms with E-state index in [1.807, 2.05) is 0 Å². The normalized spacial score (nSPS) is 12.0. The predicted molar refractivity (Wildman–Crippen MR) is 72.7 cm³/mol. The van der Waals surface area contributed by atoms with Crippen molar-refractivity contribution in [3.63, 3.8) is 0 Å². The third-order valence-electron chi connectivity index (χ3n) is 2.32. The maximum atomic E-state index is 12.1. The van der Waals surface area contributed by atoms with Crippen LogP contribution in [-0.4, -0.2) is 35.3 Å². The molecule has 0 saturated heterocycles. The van der Waals surface area contributed by atoms with Crippen molar-refractivity contribution >= 4 is 18.1 Å². The topological polar surface area (TPSA) is 84.9 Å². The minimum atomic E-state index is -0.925. The Hall–Kier alpha value is -1.79. The quantitative estimate of drug-likeness (QED) is 0.803. The molecule has 0 aliphatic rings. The SMILES string of the molecule is CC[C@H](C)C(=O)N(NC(=O)OC(C)C)C(=O)OC(C)C. The van der Waals surface area contributed by atoms with Crippen molar-refractivity contribution in [3.05, 3.63) is 0 Å². The van der Waals surface area contributed by atoms with Gasteiger partial charge in [-0.1, -0.05) is 13.8 Å². The minimum absolute atomic E-state index is 0.364. The molecule has 0 radical (unpaired) electrons. The number of hydrogen-bond acceptors (Lipinski definition) is 5. The first kappa shape index (κ1) is 18.2. The number of carbonyl (C=O) groups excluding carboxylic acids is 3. The monoisotopic (exact) mass is 288 g/mol. The average molecular weight is 288 g/mol.